The van der Waals surface area contributed by atoms with Crippen LogP contribution in [0.4, 0.5) is 0 Å². The Labute approximate surface area is 103 Å². The summed E-state index contributed by atoms with van der Waals surface area (Å²) in [4.78, 5) is 16.8. The summed E-state index contributed by atoms with van der Waals surface area (Å²) in [7, 11) is 2.13. The first-order chi connectivity index (χ1) is 8.22. The second-order valence-corrected chi connectivity index (χ2v) is 5.78. The SMILES string of the molecule is CN1CCC(C(=O)N2CC3CCC(C2)O3)CC1. The smallest absolute Gasteiger partial charge is 0.225 e. The number of rotatable bonds is 1. The number of likely N-dealkylation sites (tertiary alicyclic amines) is 2. The highest BCUT2D eigenvalue weighted by atomic mass is 16.5. The van der Waals surface area contributed by atoms with E-state index in [9.17, 15) is 4.79 Å². The van der Waals surface area contributed by atoms with Crippen molar-refractivity contribution in [2.45, 2.75) is 37.9 Å². The molecule has 3 saturated heterocycles. The standard InChI is InChI=1S/C13H22N2O2/c1-14-6-4-10(5-7-14)13(16)15-8-11-2-3-12(9-15)17-11/h10-12H,2-9H2,1H3. The van der Waals surface area contributed by atoms with E-state index in [-0.39, 0.29) is 5.92 Å². The summed E-state index contributed by atoms with van der Waals surface area (Å²) >= 11 is 0. The van der Waals surface area contributed by atoms with Gasteiger partial charge in [0, 0.05) is 19.0 Å². The summed E-state index contributed by atoms with van der Waals surface area (Å²) in [5, 5.41) is 0. The second-order valence-electron chi connectivity index (χ2n) is 5.78. The topological polar surface area (TPSA) is 32.8 Å². The van der Waals surface area contributed by atoms with Crippen molar-refractivity contribution in [3.05, 3.63) is 0 Å². The number of nitrogens with zero attached hydrogens (tertiary/aromatic N) is 2. The molecule has 4 heteroatoms. The monoisotopic (exact) mass is 238 g/mol. The molecule has 0 spiro atoms. The van der Waals surface area contributed by atoms with E-state index in [1.807, 2.05) is 0 Å². The van der Waals surface area contributed by atoms with Crippen LogP contribution < -0.4 is 0 Å². The lowest BCUT2D eigenvalue weighted by Crippen LogP contribution is -2.49. The van der Waals surface area contributed by atoms with Gasteiger partial charge in [-0.05, 0) is 45.8 Å². The van der Waals surface area contributed by atoms with E-state index < -0.39 is 0 Å². The lowest BCUT2D eigenvalue weighted by molar-refractivity contribution is -0.145. The number of hydrogen-bond donors (Lipinski definition) is 0. The number of hydrogen-bond acceptors (Lipinski definition) is 3. The van der Waals surface area contributed by atoms with Gasteiger partial charge in [0.25, 0.3) is 0 Å². The van der Waals surface area contributed by atoms with Crippen LogP contribution in [0.2, 0.25) is 0 Å². The number of morpholine rings is 1. The van der Waals surface area contributed by atoms with Gasteiger partial charge in [0.15, 0.2) is 0 Å². The molecule has 17 heavy (non-hydrogen) atoms. The van der Waals surface area contributed by atoms with Crippen LogP contribution in [0, 0.1) is 5.92 Å². The molecular weight excluding hydrogens is 216 g/mol. The van der Waals surface area contributed by atoms with E-state index in [1.54, 1.807) is 0 Å². The van der Waals surface area contributed by atoms with Crippen molar-refractivity contribution in [1.82, 2.24) is 9.80 Å². The Kier molecular flexibility index (Phi) is 3.09. The Balaban J connectivity index is 1.59. The first-order valence-electron chi connectivity index (χ1n) is 6.85. The van der Waals surface area contributed by atoms with Gasteiger partial charge in [0.1, 0.15) is 0 Å². The first kappa shape index (κ1) is 11.5. The molecule has 2 bridgehead atoms. The zero-order valence-corrected chi connectivity index (χ0v) is 10.6. The fourth-order valence-electron chi connectivity index (χ4n) is 3.31. The normalized spacial score (nSPS) is 35.2. The minimum atomic E-state index is 0.267. The van der Waals surface area contributed by atoms with E-state index in [0.717, 1.165) is 51.9 Å². The molecule has 4 nitrogen and oxygen atoms in total. The maximum absolute atomic E-state index is 12.4. The fourth-order valence-corrected chi connectivity index (χ4v) is 3.31. The van der Waals surface area contributed by atoms with Crippen LogP contribution in [-0.2, 0) is 9.53 Å². The highest BCUT2D eigenvalue weighted by Gasteiger charge is 2.38. The summed E-state index contributed by atoms with van der Waals surface area (Å²) in [5.74, 6) is 0.655. The zero-order valence-electron chi connectivity index (χ0n) is 10.6. The molecular formula is C13H22N2O2. The average molecular weight is 238 g/mol. The Morgan fingerprint density at radius 3 is 2.24 bits per heavy atom. The molecule has 2 atom stereocenters. The molecule has 0 aromatic rings. The van der Waals surface area contributed by atoms with Crippen LogP contribution in [0.15, 0.2) is 0 Å². The zero-order chi connectivity index (χ0) is 11.8. The summed E-state index contributed by atoms with van der Waals surface area (Å²) in [5.41, 5.74) is 0. The van der Waals surface area contributed by atoms with Crippen LogP contribution in [0.3, 0.4) is 0 Å². The molecule has 96 valence electrons. The van der Waals surface area contributed by atoms with Gasteiger partial charge in [-0.25, -0.2) is 0 Å². The van der Waals surface area contributed by atoms with Gasteiger partial charge in [-0.1, -0.05) is 0 Å². The number of carbonyl (C=O) groups is 1. The highest BCUT2D eigenvalue weighted by Crippen LogP contribution is 2.28. The largest absolute Gasteiger partial charge is 0.371 e. The van der Waals surface area contributed by atoms with E-state index in [4.69, 9.17) is 4.74 Å². The van der Waals surface area contributed by atoms with E-state index in [1.165, 1.54) is 0 Å². The summed E-state index contributed by atoms with van der Waals surface area (Å²) in [6, 6.07) is 0. The van der Waals surface area contributed by atoms with Crippen molar-refractivity contribution in [2.24, 2.45) is 5.92 Å². The maximum Gasteiger partial charge on any atom is 0.225 e. The molecule has 0 aromatic heterocycles. The summed E-state index contributed by atoms with van der Waals surface area (Å²) in [6.45, 7) is 3.80. The first-order valence-corrected chi connectivity index (χ1v) is 6.85. The molecule has 2 unspecified atom stereocenters. The quantitative estimate of drug-likeness (QED) is 0.675. The van der Waals surface area contributed by atoms with Gasteiger partial charge < -0.3 is 14.5 Å². The molecule has 0 saturated carbocycles. The molecule has 3 fully saturated rings. The van der Waals surface area contributed by atoms with E-state index >= 15 is 0 Å². The Morgan fingerprint density at radius 1 is 1.06 bits per heavy atom. The molecule has 0 N–H and O–H groups in total. The van der Waals surface area contributed by atoms with Crippen LogP contribution in [0.5, 0.6) is 0 Å². The minimum Gasteiger partial charge on any atom is -0.371 e. The third-order valence-electron chi connectivity index (χ3n) is 4.42. The number of carbonyl (C=O) groups excluding carboxylic acids is 1. The van der Waals surface area contributed by atoms with Crippen LogP contribution in [0.1, 0.15) is 25.7 Å². The molecule has 3 heterocycles. The van der Waals surface area contributed by atoms with Gasteiger partial charge in [0.2, 0.25) is 5.91 Å². The van der Waals surface area contributed by atoms with Gasteiger partial charge in [0.05, 0.1) is 12.2 Å². The van der Waals surface area contributed by atoms with Gasteiger partial charge in [-0.2, -0.15) is 0 Å². The van der Waals surface area contributed by atoms with Crippen LogP contribution in [-0.4, -0.2) is 61.1 Å². The Bertz CT molecular complexity index is 288. The predicted molar refractivity (Wildman–Crippen MR) is 64.7 cm³/mol. The number of fused-ring (bicyclic) bond motifs is 2. The number of piperidine rings is 1. The van der Waals surface area contributed by atoms with E-state index in [2.05, 4.69) is 16.8 Å². The molecule has 3 rings (SSSR count). The highest BCUT2D eigenvalue weighted by molar-refractivity contribution is 5.79. The third-order valence-corrected chi connectivity index (χ3v) is 4.42. The molecule has 3 aliphatic heterocycles. The van der Waals surface area contributed by atoms with E-state index in [0.29, 0.717) is 18.1 Å². The van der Waals surface area contributed by atoms with Crippen molar-refractivity contribution in [3.8, 4) is 0 Å². The lowest BCUT2D eigenvalue weighted by atomic mass is 9.95. The molecule has 0 aromatic carbocycles. The second kappa shape index (κ2) is 4.58. The van der Waals surface area contributed by atoms with Gasteiger partial charge in [-0.15, -0.1) is 0 Å². The van der Waals surface area contributed by atoms with Crippen molar-refractivity contribution in [1.29, 1.82) is 0 Å². The average Bonchev–Trinajstić information content (AvgIpc) is 2.68. The fraction of sp³-hybridized carbons (Fsp3) is 0.923. The number of ether oxygens (including phenoxy) is 1. The van der Waals surface area contributed by atoms with Crippen molar-refractivity contribution in [2.75, 3.05) is 33.2 Å². The Morgan fingerprint density at radius 2 is 1.65 bits per heavy atom. The third kappa shape index (κ3) is 2.33. The lowest BCUT2D eigenvalue weighted by Gasteiger charge is -2.36. The Hall–Kier alpha value is -0.610. The van der Waals surface area contributed by atoms with Crippen LogP contribution >= 0.6 is 0 Å². The van der Waals surface area contributed by atoms with Crippen molar-refractivity contribution >= 4 is 5.91 Å². The molecule has 0 aliphatic carbocycles. The van der Waals surface area contributed by atoms with Crippen molar-refractivity contribution < 1.29 is 9.53 Å². The number of amides is 1. The van der Waals surface area contributed by atoms with Gasteiger partial charge in [-0.3, -0.25) is 4.79 Å². The summed E-state index contributed by atoms with van der Waals surface area (Å²) < 4.78 is 5.78. The van der Waals surface area contributed by atoms with Crippen molar-refractivity contribution in [3.63, 3.8) is 0 Å². The maximum atomic E-state index is 12.4. The van der Waals surface area contributed by atoms with Gasteiger partial charge >= 0.3 is 0 Å². The molecule has 1 amide bonds. The molecule has 3 aliphatic rings. The minimum absolute atomic E-state index is 0.267. The molecule has 0 radical (unpaired) electrons. The summed E-state index contributed by atoms with van der Waals surface area (Å²) in [6.07, 6.45) is 4.99. The predicted octanol–water partition coefficient (Wildman–Crippen LogP) is 0.718. The van der Waals surface area contributed by atoms with Crippen LogP contribution in [0.25, 0.3) is 0 Å².